The summed E-state index contributed by atoms with van der Waals surface area (Å²) >= 11 is 2.07. The third kappa shape index (κ3) is 6.36. The van der Waals surface area contributed by atoms with Gasteiger partial charge in [-0.15, -0.1) is 24.0 Å². The Morgan fingerprint density at radius 3 is 2.86 bits per heavy atom. The summed E-state index contributed by atoms with van der Waals surface area (Å²) in [5.41, 5.74) is 2.70. The van der Waals surface area contributed by atoms with Crippen LogP contribution in [0.25, 0.3) is 0 Å². The number of guanidine groups is 1. The molecule has 2 atom stereocenters. The van der Waals surface area contributed by atoms with Crippen molar-refractivity contribution in [2.75, 3.05) is 25.9 Å². The smallest absolute Gasteiger partial charge is 0.191 e. The average Bonchev–Trinajstić information content (AvgIpc) is 3.00. The second kappa shape index (κ2) is 10.4. The molecule has 124 valence electrons. The van der Waals surface area contributed by atoms with Gasteiger partial charge in [-0.2, -0.15) is 11.8 Å². The number of halogens is 1. The summed E-state index contributed by atoms with van der Waals surface area (Å²) in [7, 11) is 1.84. The Bertz CT molecular complexity index is 473. The summed E-state index contributed by atoms with van der Waals surface area (Å²) in [4.78, 5) is 4.32. The van der Waals surface area contributed by atoms with Crippen LogP contribution in [-0.2, 0) is 0 Å². The van der Waals surface area contributed by atoms with Gasteiger partial charge >= 0.3 is 0 Å². The molecule has 0 radical (unpaired) electrons. The molecule has 3 nitrogen and oxygen atoms in total. The molecule has 1 aromatic carbocycles. The fraction of sp³-hybridized carbons (Fsp3) is 0.588. The summed E-state index contributed by atoms with van der Waals surface area (Å²) < 4.78 is 0. The molecule has 1 heterocycles. The Hall–Kier alpha value is -0.430. The van der Waals surface area contributed by atoms with Crippen molar-refractivity contribution >= 4 is 41.7 Å². The maximum Gasteiger partial charge on any atom is 0.191 e. The lowest BCUT2D eigenvalue weighted by Crippen LogP contribution is -2.41. The first kappa shape index (κ1) is 19.6. The summed E-state index contributed by atoms with van der Waals surface area (Å²) in [5, 5.41) is 7.64. The van der Waals surface area contributed by atoms with Gasteiger partial charge in [0.05, 0.1) is 0 Å². The molecule has 0 aliphatic carbocycles. The van der Waals surface area contributed by atoms with Crippen molar-refractivity contribution in [2.24, 2.45) is 4.99 Å². The van der Waals surface area contributed by atoms with E-state index >= 15 is 0 Å². The molecule has 0 saturated carbocycles. The van der Waals surface area contributed by atoms with E-state index in [0.717, 1.165) is 24.3 Å². The standard InChI is InChI=1S/C17H27N3S.HI/c1-13-6-4-7-15(10-13)14(2)11-19-17(18-3)20-12-16-8-5-9-21-16;/h4,6-7,10,14,16H,5,8-9,11-12H2,1-3H3,(H2,18,19,20);1H. The van der Waals surface area contributed by atoms with Gasteiger partial charge in [0.25, 0.3) is 0 Å². The van der Waals surface area contributed by atoms with Crippen molar-refractivity contribution in [3.63, 3.8) is 0 Å². The Balaban J connectivity index is 0.00000242. The van der Waals surface area contributed by atoms with Crippen LogP contribution < -0.4 is 10.6 Å². The van der Waals surface area contributed by atoms with Gasteiger partial charge in [-0.05, 0) is 37.0 Å². The number of benzene rings is 1. The number of nitrogens with one attached hydrogen (secondary N) is 2. The number of thioether (sulfide) groups is 1. The minimum atomic E-state index is 0. The van der Waals surface area contributed by atoms with Gasteiger partial charge in [0.15, 0.2) is 5.96 Å². The maximum absolute atomic E-state index is 4.32. The molecule has 5 heteroatoms. The Labute approximate surface area is 156 Å². The van der Waals surface area contributed by atoms with Gasteiger partial charge < -0.3 is 10.6 Å². The second-order valence-corrected chi connectivity index (χ2v) is 7.19. The van der Waals surface area contributed by atoms with Gasteiger partial charge in [-0.25, -0.2) is 0 Å². The van der Waals surface area contributed by atoms with E-state index in [9.17, 15) is 0 Å². The van der Waals surface area contributed by atoms with Crippen molar-refractivity contribution in [3.8, 4) is 0 Å². The van der Waals surface area contributed by atoms with Crippen LogP contribution >= 0.6 is 35.7 Å². The minimum absolute atomic E-state index is 0. The molecule has 1 aliphatic heterocycles. The number of aliphatic imine (C=N–C) groups is 1. The van der Waals surface area contributed by atoms with Crippen molar-refractivity contribution in [1.29, 1.82) is 0 Å². The van der Waals surface area contributed by atoms with Crippen LogP contribution in [0.4, 0.5) is 0 Å². The summed E-state index contributed by atoms with van der Waals surface area (Å²) in [6.07, 6.45) is 2.68. The topological polar surface area (TPSA) is 36.4 Å². The molecule has 0 spiro atoms. The fourth-order valence-corrected chi connectivity index (χ4v) is 3.78. The van der Waals surface area contributed by atoms with E-state index in [0.29, 0.717) is 5.92 Å². The van der Waals surface area contributed by atoms with E-state index in [1.54, 1.807) is 0 Å². The van der Waals surface area contributed by atoms with Crippen LogP contribution in [0, 0.1) is 6.92 Å². The Kier molecular flexibility index (Phi) is 9.24. The molecular formula is C17H28IN3S. The SMILES string of the molecule is CN=C(NCC1CCCS1)NCC(C)c1cccc(C)c1.I. The zero-order valence-corrected chi connectivity index (χ0v) is 16.9. The zero-order chi connectivity index (χ0) is 15.1. The van der Waals surface area contributed by atoms with Crippen molar-refractivity contribution in [3.05, 3.63) is 35.4 Å². The summed E-state index contributed by atoms with van der Waals surface area (Å²) in [6, 6.07) is 8.73. The normalized spacial score (nSPS) is 19.4. The first-order chi connectivity index (χ1) is 10.2. The van der Waals surface area contributed by atoms with Crippen LogP contribution in [0.15, 0.2) is 29.3 Å². The highest BCUT2D eigenvalue weighted by Gasteiger charge is 2.15. The fourth-order valence-electron chi connectivity index (χ4n) is 2.58. The summed E-state index contributed by atoms with van der Waals surface area (Å²) in [6.45, 7) is 6.31. The average molecular weight is 433 g/mol. The van der Waals surface area contributed by atoms with Gasteiger partial charge in [-0.3, -0.25) is 4.99 Å². The first-order valence-electron chi connectivity index (χ1n) is 7.81. The molecule has 2 unspecified atom stereocenters. The molecule has 1 aromatic rings. The van der Waals surface area contributed by atoms with Crippen molar-refractivity contribution in [2.45, 2.75) is 37.9 Å². The van der Waals surface area contributed by atoms with E-state index in [2.05, 4.69) is 65.5 Å². The van der Waals surface area contributed by atoms with Crippen molar-refractivity contribution in [1.82, 2.24) is 10.6 Å². The van der Waals surface area contributed by atoms with Crippen LogP contribution in [0.5, 0.6) is 0 Å². The largest absolute Gasteiger partial charge is 0.356 e. The van der Waals surface area contributed by atoms with Crippen LogP contribution in [0.2, 0.25) is 0 Å². The first-order valence-corrected chi connectivity index (χ1v) is 8.86. The highest BCUT2D eigenvalue weighted by Crippen LogP contribution is 2.25. The van der Waals surface area contributed by atoms with Crippen LogP contribution in [-0.4, -0.2) is 37.1 Å². The van der Waals surface area contributed by atoms with Crippen molar-refractivity contribution < 1.29 is 0 Å². The minimum Gasteiger partial charge on any atom is -0.356 e. The summed E-state index contributed by atoms with van der Waals surface area (Å²) in [5.74, 6) is 2.70. The third-order valence-corrected chi connectivity index (χ3v) is 5.33. The van der Waals surface area contributed by atoms with E-state index in [1.165, 1.54) is 29.7 Å². The maximum atomic E-state index is 4.32. The monoisotopic (exact) mass is 433 g/mol. The molecule has 1 aliphatic rings. The van der Waals surface area contributed by atoms with E-state index in [1.807, 2.05) is 7.05 Å². The van der Waals surface area contributed by atoms with Gasteiger partial charge in [0, 0.05) is 25.4 Å². The molecule has 0 amide bonds. The second-order valence-electron chi connectivity index (χ2n) is 5.78. The third-order valence-electron chi connectivity index (χ3n) is 3.93. The van der Waals surface area contributed by atoms with Gasteiger partial charge in [0.2, 0.25) is 0 Å². The molecular weight excluding hydrogens is 405 g/mol. The quantitative estimate of drug-likeness (QED) is 0.422. The lowest BCUT2D eigenvalue weighted by Gasteiger charge is -2.18. The predicted octanol–water partition coefficient (Wildman–Crippen LogP) is 3.78. The lowest BCUT2D eigenvalue weighted by atomic mass is 9.99. The van der Waals surface area contributed by atoms with Crippen LogP contribution in [0.1, 0.15) is 36.8 Å². The predicted molar refractivity (Wildman–Crippen MR) is 110 cm³/mol. The number of aryl methyl sites for hydroxylation is 1. The zero-order valence-electron chi connectivity index (χ0n) is 13.8. The van der Waals surface area contributed by atoms with E-state index < -0.39 is 0 Å². The number of rotatable bonds is 5. The molecule has 0 aromatic heterocycles. The molecule has 1 fully saturated rings. The lowest BCUT2D eigenvalue weighted by molar-refractivity contribution is 0.685. The Morgan fingerprint density at radius 1 is 1.41 bits per heavy atom. The highest BCUT2D eigenvalue weighted by molar-refractivity contribution is 14.0. The Morgan fingerprint density at radius 2 is 2.23 bits per heavy atom. The van der Waals surface area contributed by atoms with E-state index in [4.69, 9.17) is 0 Å². The van der Waals surface area contributed by atoms with Gasteiger partial charge in [0.1, 0.15) is 0 Å². The molecule has 2 rings (SSSR count). The van der Waals surface area contributed by atoms with E-state index in [-0.39, 0.29) is 24.0 Å². The molecule has 0 bridgehead atoms. The molecule has 1 saturated heterocycles. The molecule has 22 heavy (non-hydrogen) atoms. The van der Waals surface area contributed by atoms with Gasteiger partial charge in [-0.1, -0.05) is 36.8 Å². The number of nitrogens with zero attached hydrogens (tertiary/aromatic N) is 1. The van der Waals surface area contributed by atoms with Crippen LogP contribution in [0.3, 0.4) is 0 Å². The highest BCUT2D eigenvalue weighted by atomic mass is 127. The molecule has 2 N–H and O–H groups in total. The number of hydrogen-bond donors (Lipinski definition) is 2. The number of hydrogen-bond acceptors (Lipinski definition) is 2.